The Morgan fingerprint density at radius 3 is 2.33 bits per heavy atom. The molecule has 0 aliphatic carbocycles. The fraction of sp³-hybridized carbons (Fsp3) is 0.394. The minimum atomic E-state index is -2.89. The maximum Gasteiger partial charge on any atom is 0.266 e. The van der Waals surface area contributed by atoms with Crippen molar-refractivity contribution in [3.63, 3.8) is 0 Å². The molecular formula is C33H37F3O3. The molecule has 4 rings (SSSR count). The first-order chi connectivity index (χ1) is 19.0. The summed E-state index contributed by atoms with van der Waals surface area (Å²) in [6.45, 7) is 7.36. The zero-order valence-electron chi connectivity index (χ0n) is 22.5. The Kier molecular flexibility index (Phi) is 10.5. The standard InChI is InChI=1S/C33H37F3O3/c1-3-5-21-38-28-14-9-24(10-15-28)29-18-13-26(31(32(29)34)33(35)36)8-6-23-7-19-30(39-22-23)25-11-16-27(17-12-25)37-20-4-2/h4,9-18,23,30,33H,2-3,5-8,19-22H2,1H3. The van der Waals surface area contributed by atoms with E-state index in [1.807, 2.05) is 24.3 Å². The van der Waals surface area contributed by atoms with E-state index in [0.29, 0.717) is 49.5 Å². The largest absolute Gasteiger partial charge is 0.494 e. The highest BCUT2D eigenvalue weighted by Crippen LogP contribution is 2.37. The quantitative estimate of drug-likeness (QED) is 0.160. The van der Waals surface area contributed by atoms with Crippen LogP contribution in [-0.4, -0.2) is 19.8 Å². The highest BCUT2D eigenvalue weighted by Gasteiger charge is 2.26. The number of aryl methyl sites for hydroxylation is 1. The second-order valence-corrected chi connectivity index (χ2v) is 10.00. The fourth-order valence-electron chi connectivity index (χ4n) is 4.96. The Morgan fingerprint density at radius 2 is 1.69 bits per heavy atom. The molecule has 1 saturated heterocycles. The lowest BCUT2D eigenvalue weighted by atomic mass is 9.88. The highest BCUT2D eigenvalue weighted by atomic mass is 19.3. The summed E-state index contributed by atoms with van der Waals surface area (Å²) in [4.78, 5) is 0. The number of ether oxygens (including phenoxy) is 3. The first-order valence-corrected chi connectivity index (χ1v) is 13.8. The number of hydrogen-bond acceptors (Lipinski definition) is 3. The second-order valence-electron chi connectivity index (χ2n) is 10.00. The molecule has 0 aromatic heterocycles. The molecule has 0 N–H and O–H groups in total. The molecule has 1 aliphatic rings. The van der Waals surface area contributed by atoms with Crippen LogP contribution in [-0.2, 0) is 11.2 Å². The Morgan fingerprint density at radius 1 is 0.974 bits per heavy atom. The molecule has 1 heterocycles. The third-order valence-corrected chi connectivity index (χ3v) is 7.23. The van der Waals surface area contributed by atoms with Crippen molar-refractivity contribution < 1.29 is 27.4 Å². The zero-order valence-corrected chi connectivity index (χ0v) is 22.5. The summed E-state index contributed by atoms with van der Waals surface area (Å²) in [5.74, 6) is 0.867. The van der Waals surface area contributed by atoms with E-state index in [0.717, 1.165) is 37.0 Å². The van der Waals surface area contributed by atoms with Crippen molar-refractivity contribution in [3.05, 3.63) is 95.8 Å². The van der Waals surface area contributed by atoms with Gasteiger partial charge < -0.3 is 14.2 Å². The first kappa shape index (κ1) is 28.8. The van der Waals surface area contributed by atoms with Crippen LogP contribution in [0.15, 0.2) is 73.3 Å². The first-order valence-electron chi connectivity index (χ1n) is 13.8. The monoisotopic (exact) mass is 538 g/mol. The number of hydrogen-bond donors (Lipinski definition) is 0. The molecule has 2 unspecified atom stereocenters. The average Bonchev–Trinajstić information content (AvgIpc) is 2.96. The van der Waals surface area contributed by atoms with E-state index in [-0.39, 0.29) is 17.6 Å². The van der Waals surface area contributed by atoms with E-state index < -0.39 is 17.8 Å². The van der Waals surface area contributed by atoms with Crippen LogP contribution in [0.25, 0.3) is 11.1 Å². The van der Waals surface area contributed by atoms with E-state index in [9.17, 15) is 8.78 Å². The Balaban J connectivity index is 1.35. The summed E-state index contributed by atoms with van der Waals surface area (Å²) in [5.41, 5.74) is 1.69. The minimum Gasteiger partial charge on any atom is -0.494 e. The Bertz CT molecular complexity index is 1180. The van der Waals surface area contributed by atoms with Gasteiger partial charge in [-0.15, -0.1) is 0 Å². The number of unbranched alkanes of at least 4 members (excludes halogenated alkanes) is 1. The van der Waals surface area contributed by atoms with E-state index in [4.69, 9.17) is 14.2 Å². The average molecular weight is 539 g/mol. The molecule has 1 aliphatic heterocycles. The summed E-state index contributed by atoms with van der Waals surface area (Å²) >= 11 is 0. The molecule has 0 amide bonds. The molecule has 3 aromatic carbocycles. The van der Waals surface area contributed by atoms with E-state index in [2.05, 4.69) is 13.5 Å². The zero-order chi connectivity index (χ0) is 27.6. The summed E-state index contributed by atoms with van der Waals surface area (Å²) < 4.78 is 60.7. The van der Waals surface area contributed by atoms with Crippen LogP contribution in [0.2, 0.25) is 0 Å². The fourth-order valence-corrected chi connectivity index (χ4v) is 4.96. The lowest BCUT2D eigenvalue weighted by Crippen LogP contribution is -2.21. The van der Waals surface area contributed by atoms with E-state index >= 15 is 4.39 Å². The molecule has 208 valence electrons. The van der Waals surface area contributed by atoms with Crippen molar-refractivity contribution in [2.75, 3.05) is 19.8 Å². The van der Waals surface area contributed by atoms with Gasteiger partial charge in [-0.1, -0.05) is 62.4 Å². The minimum absolute atomic E-state index is 0.00601. The van der Waals surface area contributed by atoms with Crippen molar-refractivity contribution >= 4 is 0 Å². The van der Waals surface area contributed by atoms with Crippen molar-refractivity contribution in [1.82, 2.24) is 0 Å². The van der Waals surface area contributed by atoms with E-state index in [1.54, 1.807) is 42.5 Å². The van der Waals surface area contributed by atoms with Gasteiger partial charge >= 0.3 is 0 Å². The summed E-state index contributed by atoms with van der Waals surface area (Å²) in [6, 6.07) is 18.1. The molecular weight excluding hydrogens is 501 g/mol. The second kappa shape index (κ2) is 14.2. The van der Waals surface area contributed by atoms with Crippen molar-refractivity contribution in [2.24, 2.45) is 5.92 Å². The summed E-state index contributed by atoms with van der Waals surface area (Å²) in [7, 11) is 0. The highest BCUT2D eigenvalue weighted by molar-refractivity contribution is 5.66. The summed E-state index contributed by atoms with van der Waals surface area (Å²) in [6.07, 6.45) is 3.63. The number of rotatable bonds is 13. The number of halogens is 3. The van der Waals surface area contributed by atoms with Gasteiger partial charge in [0.1, 0.15) is 23.9 Å². The van der Waals surface area contributed by atoms with Gasteiger partial charge in [0.15, 0.2) is 0 Å². The van der Waals surface area contributed by atoms with Gasteiger partial charge in [0.25, 0.3) is 6.43 Å². The SMILES string of the molecule is C=CCOc1ccc(C2CCC(CCc3ccc(-c4ccc(OCCCC)cc4)c(F)c3C(F)F)CO2)cc1. The molecule has 0 saturated carbocycles. The smallest absolute Gasteiger partial charge is 0.266 e. The molecule has 1 fully saturated rings. The van der Waals surface area contributed by atoms with Crippen molar-refractivity contribution in [2.45, 2.75) is 58.0 Å². The molecule has 2 atom stereocenters. The van der Waals surface area contributed by atoms with Crippen LogP contribution >= 0.6 is 0 Å². The molecule has 0 spiro atoms. The van der Waals surface area contributed by atoms with Gasteiger partial charge in [0.05, 0.1) is 24.9 Å². The van der Waals surface area contributed by atoms with Crippen LogP contribution < -0.4 is 9.47 Å². The van der Waals surface area contributed by atoms with Crippen molar-refractivity contribution in [3.8, 4) is 22.6 Å². The Hall–Kier alpha value is -3.25. The molecule has 6 heteroatoms. The molecule has 3 aromatic rings. The van der Waals surface area contributed by atoms with Crippen LogP contribution in [0.4, 0.5) is 13.2 Å². The molecule has 0 radical (unpaired) electrons. The lowest BCUT2D eigenvalue weighted by molar-refractivity contribution is -0.0192. The van der Waals surface area contributed by atoms with Gasteiger partial charge in [-0.05, 0) is 79.0 Å². The summed E-state index contributed by atoms with van der Waals surface area (Å²) in [5, 5.41) is 0. The van der Waals surface area contributed by atoms with Crippen LogP contribution in [0.5, 0.6) is 11.5 Å². The van der Waals surface area contributed by atoms with Crippen molar-refractivity contribution in [1.29, 1.82) is 0 Å². The van der Waals surface area contributed by atoms with Crippen LogP contribution in [0.3, 0.4) is 0 Å². The van der Waals surface area contributed by atoms with Gasteiger partial charge in [-0.2, -0.15) is 0 Å². The van der Waals surface area contributed by atoms with Gasteiger partial charge in [-0.25, -0.2) is 13.2 Å². The predicted molar refractivity (Wildman–Crippen MR) is 149 cm³/mol. The van der Waals surface area contributed by atoms with E-state index in [1.165, 1.54) is 0 Å². The van der Waals surface area contributed by atoms with Crippen LogP contribution in [0, 0.1) is 11.7 Å². The topological polar surface area (TPSA) is 27.7 Å². The van der Waals surface area contributed by atoms with Gasteiger partial charge in [0, 0.05) is 5.56 Å². The van der Waals surface area contributed by atoms with Crippen LogP contribution in [0.1, 0.15) is 68.2 Å². The van der Waals surface area contributed by atoms with Gasteiger partial charge in [-0.3, -0.25) is 0 Å². The molecule has 3 nitrogen and oxygen atoms in total. The van der Waals surface area contributed by atoms with Gasteiger partial charge in [0.2, 0.25) is 0 Å². The third kappa shape index (κ3) is 7.66. The normalized spacial score (nSPS) is 17.3. The third-order valence-electron chi connectivity index (χ3n) is 7.23. The molecule has 39 heavy (non-hydrogen) atoms. The predicted octanol–water partition coefficient (Wildman–Crippen LogP) is 9.27. The maximum atomic E-state index is 15.4. The lowest BCUT2D eigenvalue weighted by Gasteiger charge is -2.29. The maximum absolute atomic E-state index is 15.4. The Labute approximate surface area is 229 Å². The number of benzene rings is 3. The number of alkyl halides is 2. The molecule has 0 bridgehead atoms.